The molecule has 2 aliphatic rings. The molecular formula is C13H17Cl2N3. The predicted molar refractivity (Wildman–Crippen MR) is 74.1 cm³/mol. The Labute approximate surface area is 118 Å². The first-order valence-electron chi connectivity index (χ1n) is 6.50. The van der Waals surface area contributed by atoms with Gasteiger partial charge in [-0.2, -0.15) is 0 Å². The van der Waals surface area contributed by atoms with Crippen molar-refractivity contribution in [3.8, 4) is 0 Å². The third-order valence-corrected chi connectivity index (χ3v) is 4.29. The zero-order valence-corrected chi connectivity index (χ0v) is 11.8. The van der Waals surface area contributed by atoms with Crippen LogP contribution in [0.5, 0.6) is 0 Å². The zero-order chi connectivity index (χ0) is 12.5. The van der Waals surface area contributed by atoms with Crippen molar-refractivity contribution in [1.29, 1.82) is 0 Å². The van der Waals surface area contributed by atoms with Crippen LogP contribution < -0.4 is 0 Å². The van der Waals surface area contributed by atoms with Crippen LogP contribution in [0.2, 0.25) is 10.3 Å². The fourth-order valence-corrected chi connectivity index (χ4v) is 2.93. The number of hydrogen-bond acceptors (Lipinski definition) is 3. The van der Waals surface area contributed by atoms with Crippen LogP contribution in [0.1, 0.15) is 18.4 Å². The fourth-order valence-electron chi connectivity index (χ4n) is 2.53. The lowest BCUT2D eigenvalue weighted by molar-refractivity contribution is 0.121. The van der Waals surface area contributed by atoms with Crippen LogP contribution in [0.4, 0.5) is 0 Å². The van der Waals surface area contributed by atoms with Crippen molar-refractivity contribution < 1.29 is 0 Å². The molecule has 0 radical (unpaired) electrons. The molecule has 18 heavy (non-hydrogen) atoms. The second-order valence-corrected chi connectivity index (χ2v) is 5.87. The summed E-state index contributed by atoms with van der Waals surface area (Å²) in [7, 11) is 0. The number of hydrogen-bond donors (Lipinski definition) is 0. The molecule has 1 aliphatic carbocycles. The molecule has 0 N–H and O–H groups in total. The molecule has 0 spiro atoms. The third-order valence-electron chi connectivity index (χ3n) is 3.76. The Hall–Kier alpha value is -0.350. The summed E-state index contributed by atoms with van der Waals surface area (Å²) in [4.78, 5) is 9.14. The standard InChI is InChI=1S/C13H17Cl2N3/c14-12-4-1-10(13(15)16-12)9-17-5-7-18(8-6-17)11-2-3-11/h1,4,11H,2-3,5-9H2. The van der Waals surface area contributed by atoms with Crippen LogP contribution in [-0.4, -0.2) is 47.0 Å². The first-order chi connectivity index (χ1) is 8.72. The second-order valence-electron chi connectivity index (χ2n) is 5.13. The summed E-state index contributed by atoms with van der Waals surface area (Å²) < 4.78 is 0. The highest BCUT2D eigenvalue weighted by molar-refractivity contribution is 6.32. The van der Waals surface area contributed by atoms with Crippen LogP contribution >= 0.6 is 23.2 Å². The molecule has 1 aliphatic heterocycles. The molecule has 5 heteroatoms. The Kier molecular flexibility index (Phi) is 3.76. The molecule has 0 bridgehead atoms. The summed E-state index contributed by atoms with van der Waals surface area (Å²) in [5, 5.41) is 0.995. The Morgan fingerprint density at radius 2 is 1.83 bits per heavy atom. The summed E-state index contributed by atoms with van der Waals surface area (Å²) in [5.74, 6) is 0. The van der Waals surface area contributed by atoms with Crippen molar-refractivity contribution in [2.24, 2.45) is 0 Å². The van der Waals surface area contributed by atoms with Gasteiger partial charge < -0.3 is 0 Å². The summed E-state index contributed by atoms with van der Waals surface area (Å²) in [6.07, 6.45) is 2.79. The minimum atomic E-state index is 0.460. The molecule has 1 aromatic heterocycles. The fraction of sp³-hybridized carbons (Fsp3) is 0.615. The van der Waals surface area contributed by atoms with Crippen molar-refractivity contribution in [2.45, 2.75) is 25.4 Å². The van der Waals surface area contributed by atoms with Crippen molar-refractivity contribution in [3.63, 3.8) is 0 Å². The zero-order valence-electron chi connectivity index (χ0n) is 10.3. The van der Waals surface area contributed by atoms with E-state index in [1.165, 1.54) is 25.9 Å². The largest absolute Gasteiger partial charge is 0.298 e. The minimum absolute atomic E-state index is 0.460. The van der Waals surface area contributed by atoms with E-state index in [0.717, 1.165) is 31.2 Å². The predicted octanol–water partition coefficient (Wildman–Crippen LogP) is 2.67. The van der Waals surface area contributed by atoms with E-state index in [9.17, 15) is 0 Å². The molecule has 0 amide bonds. The van der Waals surface area contributed by atoms with E-state index in [0.29, 0.717) is 10.3 Å². The number of rotatable bonds is 3. The van der Waals surface area contributed by atoms with Crippen molar-refractivity contribution in [2.75, 3.05) is 26.2 Å². The number of nitrogens with zero attached hydrogens (tertiary/aromatic N) is 3. The molecule has 98 valence electrons. The number of piperazine rings is 1. The first-order valence-corrected chi connectivity index (χ1v) is 7.25. The number of halogens is 2. The topological polar surface area (TPSA) is 19.4 Å². The van der Waals surface area contributed by atoms with Crippen LogP contribution in [0.3, 0.4) is 0 Å². The molecule has 2 fully saturated rings. The van der Waals surface area contributed by atoms with Crippen LogP contribution in [-0.2, 0) is 6.54 Å². The molecule has 1 aromatic rings. The summed E-state index contributed by atoms with van der Waals surface area (Å²) >= 11 is 11.9. The smallest absolute Gasteiger partial charge is 0.135 e. The van der Waals surface area contributed by atoms with Gasteiger partial charge in [0.25, 0.3) is 0 Å². The molecule has 1 saturated carbocycles. The minimum Gasteiger partial charge on any atom is -0.298 e. The lowest BCUT2D eigenvalue weighted by atomic mass is 10.2. The lowest BCUT2D eigenvalue weighted by Crippen LogP contribution is -2.46. The Bertz CT molecular complexity index is 426. The molecule has 3 nitrogen and oxygen atoms in total. The van der Waals surface area contributed by atoms with E-state index in [4.69, 9.17) is 23.2 Å². The van der Waals surface area contributed by atoms with Crippen LogP contribution in [0.25, 0.3) is 0 Å². The maximum Gasteiger partial charge on any atom is 0.135 e. The molecule has 0 unspecified atom stereocenters. The molecular weight excluding hydrogens is 269 g/mol. The van der Waals surface area contributed by atoms with Crippen molar-refractivity contribution >= 4 is 23.2 Å². The quantitative estimate of drug-likeness (QED) is 0.796. The number of aromatic nitrogens is 1. The van der Waals surface area contributed by atoms with E-state index >= 15 is 0 Å². The van der Waals surface area contributed by atoms with Gasteiger partial charge in [-0.15, -0.1) is 0 Å². The maximum absolute atomic E-state index is 6.11. The second kappa shape index (κ2) is 5.33. The third kappa shape index (κ3) is 2.97. The highest BCUT2D eigenvalue weighted by Crippen LogP contribution is 2.28. The van der Waals surface area contributed by atoms with E-state index < -0.39 is 0 Å². The molecule has 0 aromatic carbocycles. The van der Waals surface area contributed by atoms with Gasteiger partial charge in [-0.25, -0.2) is 4.98 Å². The van der Waals surface area contributed by atoms with E-state index in [1.54, 1.807) is 0 Å². The highest BCUT2D eigenvalue weighted by atomic mass is 35.5. The van der Waals surface area contributed by atoms with E-state index in [1.807, 2.05) is 12.1 Å². The monoisotopic (exact) mass is 285 g/mol. The van der Waals surface area contributed by atoms with Gasteiger partial charge in [-0.05, 0) is 18.9 Å². The molecule has 2 heterocycles. The summed E-state index contributed by atoms with van der Waals surface area (Å²) in [6.45, 7) is 5.49. The average molecular weight is 286 g/mol. The van der Waals surface area contributed by atoms with Crippen LogP contribution in [0, 0.1) is 0 Å². The highest BCUT2D eigenvalue weighted by Gasteiger charge is 2.31. The molecule has 1 saturated heterocycles. The van der Waals surface area contributed by atoms with Gasteiger partial charge in [0, 0.05) is 44.3 Å². The Morgan fingerprint density at radius 3 is 2.44 bits per heavy atom. The molecule has 3 rings (SSSR count). The normalized spacial score (nSPS) is 22.3. The van der Waals surface area contributed by atoms with Gasteiger partial charge >= 0.3 is 0 Å². The first kappa shape index (κ1) is 12.7. The average Bonchev–Trinajstić information content (AvgIpc) is 3.18. The van der Waals surface area contributed by atoms with Crippen molar-refractivity contribution in [1.82, 2.24) is 14.8 Å². The maximum atomic E-state index is 6.11. The van der Waals surface area contributed by atoms with Gasteiger partial charge in [-0.1, -0.05) is 29.3 Å². The van der Waals surface area contributed by atoms with Gasteiger partial charge in [0.05, 0.1) is 0 Å². The molecule has 0 atom stereocenters. The van der Waals surface area contributed by atoms with Gasteiger partial charge in [0.2, 0.25) is 0 Å². The Morgan fingerprint density at radius 1 is 1.11 bits per heavy atom. The van der Waals surface area contributed by atoms with Crippen LogP contribution in [0.15, 0.2) is 12.1 Å². The van der Waals surface area contributed by atoms with E-state index in [2.05, 4.69) is 14.8 Å². The lowest BCUT2D eigenvalue weighted by Gasteiger charge is -2.34. The Balaban J connectivity index is 1.56. The SMILES string of the molecule is Clc1ccc(CN2CCN(C3CC3)CC2)c(Cl)n1. The number of pyridine rings is 1. The van der Waals surface area contributed by atoms with Crippen molar-refractivity contribution in [3.05, 3.63) is 28.0 Å². The van der Waals surface area contributed by atoms with Gasteiger partial charge in [0.15, 0.2) is 0 Å². The van der Waals surface area contributed by atoms with E-state index in [-0.39, 0.29) is 0 Å². The van der Waals surface area contributed by atoms with Gasteiger partial charge in [-0.3, -0.25) is 9.80 Å². The summed E-state index contributed by atoms with van der Waals surface area (Å²) in [5.41, 5.74) is 1.07. The summed E-state index contributed by atoms with van der Waals surface area (Å²) in [6, 6.07) is 4.67. The van der Waals surface area contributed by atoms with Gasteiger partial charge in [0.1, 0.15) is 10.3 Å².